The largest absolute Gasteiger partial charge is 0.356 e. The van der Waals surface area contributed by atoms with E-state index in [0.29, 0.717) is 22.3 Å². The minimum atomic E-state index is -0.153. The Morgan fingerprint density at radius 2 is 1.77 bits per heavy atom. The highest BCUT2D eigenvalue weighted by Gasteiger charge is 2.14. The fourth-order valence-electron chi connectivity index (χ4n) is 2.59. The fourth-order valence-corrected chi connectivity index (χ4v) is 2.88. The van der Waals surface area contributed by atoms with Gasteiger partial charge in [0.05, 0.1) is 10.0 Å². The number of amides is 2. The Balaban J connectivity index is 1.78. The fraction of sp³-hybridized carbons (Fsp3) is 0.300. The summed E-state index contributed by atoms with van der Waals surface area (Å²) in [5, 5.41) is 3.70. The maximum Gasteiger partial charge on any atom is 0.223 e. The number of aryl methyl sites for hydroxylation is 1. The van der Waals surface area contributed by atoms with Crippen molar-refractivity contribution in [3.63, 3.8) is 0 Å². The summed E-state index contributed by atoms with van der Waals surface area (Å²) >= 11 is 11.9. The molecule has 0 saturated heterocycles. The molecule has 2 aromatic rings. The summed E-state index contributed by atoms with van der Waals surface area (Å²) in [6.07, 6.45) is 2.02. The van der Waals surface area contributed by atoms with Crippen molar-refractivity contribution in [1.29, 1.82) is 0 Å². The van der Waals surface area contributed by atoms with E-state index in [1.165, 1.54) is 17.4 Å². The smallest absolute Gasteiger partial charge is 0.223 e. The molecule has 138 valence electrons. The average Bonchev–Trinajstić information content (AvgIpc) is 2.62. The molecule has 0 saturated carbocycles. The summed E-state index contributed by atoms with van der Waals surface area (Å²) in [7, 11) is 0. The van der Waals surface area contributed by atoms with Crippen LogP contribution in [0.2, 0.25) is 10.0 Å². The Labute approximate surface area is 164 Å². The second kappa shape index (κ2) is 10.2. The number of carbonyl (C=O) groups excluding carboxylic acids is 2. The van der Waals surface area contributed by atoms with Crippen molar-refractivity contribution in [1.82, 2.24) is 5.32 Å². The van der Waals surface area contributed by atoms with Crippen molar-refractivity contribution in [2.75, 3.05) is 18.0 Å². The van der Waals surface area contributed by atoms with E-state index in [1.807, 2.05) is 18.2 Å². The van der Waals surface area contributed by atoms with Crippen molar-refractivity contribution >= 4 is 40.7 Å². The zero-order chi connectivity index (χ0) is 18.9. The monoisotopic (exact) mass is 392 g/mol. The molecule has 0 aromatic heterocycles. The number of nitrogens with one attached hydrogen (secondary N) is 1. The van der Waals surface area contributed by atoms with Gasteiger partial charge < -0.3 is 10.2 Å². The van der Waals surface area contributed by atoms with Crippen molar-refractivity contribution in [3.8, 4) is 0 Å². The molecule has 0 aliphatic heterocycles. The lowest BCUT2D eigenvalue weighted by molar-refractivity contribution is -0.121. The van der Waals surface area contributed by atoms with Crippen LogP contribution >= 0.6 is 23.2 Å². The topological polar surface area (TPSA) is 49.4 Å². The summed E-state index contributed by atoms with van der Waals surface area (Å²) in [5.41, 5.74) is 1.88. The third kappa shape index (κ3) is 6.36. The minimum absolute atomic E-state index is 0.0793. The van der Waals surface area contributed by atoms with Gasteiger partial charge in [-0.2, -0.15) is 0 Å². The molecule has 0 radical (unpaired) electrons. The number of rotatable bonds is 8. The summed E-state index contributed by atoms with van der Waals surface area (Å²) in [6, 6.07) is 15.1. The number of halogens is 2. The van der Waals surface area contributed by atoms with Gasteiger partial charge in [0, 0.05) is 32.1 Å². The molecule has 0 bridgehead atoms. The number of hydrogen-bond donors (Lipinski definition) is 1. The van der Waals surface area contributed by atoms with Crippen molar-refractivity contribution < 1.29 is 9.59 Å². The Bertz CT molecular complexity index is 751. The molecule has 0 heterocycles. The lowest BCUT2D eigenvalue weighted by Gasteiger charge is -2.21. The molecule has 1 N–H and O–H groups in total. The Hall–Kier alpha value is -2.04. The predicted octanol–water partition coefficient (Wildman–Crippen LogP) is 4.49. The standard InChI is InChI=1S/C20H22Cl2N2O2/c1-15(25)24(17-9-10-18(21)19(22)14-17)13-11-20(26)23-12-5-8-16-6-3-2-4-7-16/h2-4,6-7,9-10,14H,5,8,11-13H2,1H3,(H,23,26). The van der Waals surface area contributed by atoms with Gasteiger partial charge in [-0.15, -0.1) is 0 Å². The minimum Gasteiger partial charge on any atom is -0.356 e. The first-order valence-corrected chi connectivity index (χ1v) is 9.26. The maximum absolute atomic E-state index is 12.0. The van der Waals surface area contributed by atoms with Gasteiger partial charge in [0.1, 0.15) is 0 Å². The molecular weight excluding hydrogens is 371 g/mol. The molecule has 0 aliphatic carbocycles. The van der Waals surface area contributed by atoms with Crippen molar-refractivity contribution in [3.05, 3.63) is 64.1 Å². The lowest BCUT2D eigenvalue weighted by atomic mass is 10.1. The first-order chi connectivity index (χ1) is 12.5. The van der Waals surface area contributed by atoms with E-state index in [4.69, 9.17) is 23.2 Å². The molecule has 0 spiro atoms. The van der Waals surface area contributed by atoms with Crippen LogP contribution in [0, 0.1) is 0 Å². The van der Waals surface area contributed by atoms with Crippen LogP contribution in [-0.4, -0.2) is 24.9 Å². The van der Waals surface area contributed by atoms with Crippen LogP contribution in [-0.2, 0) is 16.0 Å². The highest BCUT2D eigenvalue weighted by molar-refractivity contribution is 6.42. The molecule has 26 heavy (non-hydrogen) atoms. The van der Waals surface area contributed by atoms with Crippen LogP contribution in [0.1, 0.15) is 25.3 Å². The molecule has 6 heteroatoms. The van der Waals surface area contributed by atoms with Crippen LogP contribution in [0.5, 0.6) is 0 Å². The van der Waals surface area contributed by atoms with E-state index in [9.17, 15) is 9.59 Å². The van der Waals surface area contributed by atoms with E-state index >= 15 is 0 Å². The number of carbonyl (C=O) groups is 2. The van der Waals surface area contributed by atoms with Crippen LogP contribution in [0.25, 0.3) is 0 Å². The third-order valence-electron chi connectivity index (χ3n) is 3.96. The Morgan fingerprint density at radius 1 is 1.04 bits per heavy atom. The van der Waals surface area contributed by atoms with Gasteiger partial charge in [-0.3, -0.25) is 9.59 Å². The average molecular weight is 393 g/mol. The number of benzene rings is 2. The zero-order valence-electron chi connectivity index (χ0n) is 14.7. The third-order valence-corrected chi connectivity index (χ3v) is 4.70. The number of hydrogen-bond acceptors (Lipinski definition) is 2. The van der Waals surface area contributed by atoms with E-state index in [2.05, 4.69) is 17.4 Å². The van der Waals surface area contributed by atoms with E-state index < -0.39 is 0 Å². The predicted molar refractivity (Wildman–Crippen MR) is 107 cm³/mol. The van der Waals surface area contributed by atoms with Gasteiger partial charge in [-0.25, -0.2) is 0 Å². The number of nitrogens with zero attached hydrogens (tertiary/aromatic N) is 1. The first-order valence-electron chi connectivity index (χ1n) is 8.51. The number of anilines is 1. The summed E-state index contributed by atoms with van der Waals surface area (Å²) < 4.78 is 0. The van der Waals surface area contributed by atoms with Gasteiger partial charge >= 0.3 is 0 Å². The molecule has 0 fully saturated rings. The van der Waals surface area contributed by atoms with E-state index in [0.717, 1.165) is 12.8 Å². The van der Waals surface area contributed by atoms with E-state index in [-0.39, 0.29) is 24.8 Å². The zero-order valence-corrected chi connectivity index (χ0v) is 16.2. The van der Waals surface area contributed by atoms with Crippen LogP contribution < -0.4 is 10.2 Å². The van der Waals surface area contributed by atoms with Gasteiger partial charge in [-0.1, -0.05) is 53.5 Å². The van der Waals surface area contributed by atoms with Gasteiger partial charge in [-0.05, 0) is 36.6 Å². The molecule has 0 atom stereocenters. The SMILES string of the molecule is CC(=O)N(CCC(=O)NCCCc1ccccc1)c1ccc(Cl)c(Cl)c1. The van der Waals surface area contributed by atoms with Crippen LogP contribution in [0.15, 0.2) is 48.5 Å². The summed E-state index contributed by atoms with van der Waals surface area (Å²) in [4.78, 5) is 25.4. The maximum atomic E-state index is 12.0. The van der Waals surface area contributed by atoms with E-state index in [1.54, 1.807) is 18.2 Å². The van der Waals surface area contributed by atoms with Crippen molar-refractivity contribution in [2.45, 2.75) is 26.2 Å². The molecular formula is C20H22Cl2N2O2. The molecule has 4 nitrogen and oxygen atoms in total. The summed E-state index contributed by atoms with van der Waals surface area (Å²) in [5.74, 6) is -0.232. The molecule has 2 aromatic carbocycles. The Morgan fingerprint density at radius 3 is 2.42 bits per heavy atom. The quantitative estimate of drug-likeness (QED) is 0.672. The van der Waals surface area contributed by atoms with Crippen molar-refractivity contribution in [2.24, 2.45) is 0 Å². The Kier molecular flexibility index (Phi) is 7.95. The van der Waals surface area contributed by atoms with Crippen LogP contribution in [0.3, 0.4) is 0 Å². The first kappa shape index (κ1) is 20.3. The van der Waals surface area contributed by atoms with Gasteiger partial charge in [0.15, 0.2) is 0 Å². The van der Waals surface area contributed by atoms with Crippen LogP contribution in [0.4, 0.5) is 5.69 Å². The molecule has 2 amide bonds. The highest BCUT2D eigenvalue weighted by Crippen LogP contribution is 2.27. The second-order valence-electron chi connectivity index (χ2n) is 5.96. The van der Waals surface area contributed by atoms with Gasteiger partial charge in [0.2, 0.25) is 11.8 Å². The molecule has 0 aliphatic rings. The normalized spacial score (nSPS) is 10.4. The lowest BCUT2D eigenvalue weighted by Crippen LogP contribution is -2.34. The summed E-state index contributed by atoms with van der Waals surface area (Å²) in [6.45, 7) is 2.36. The molecule has 2 rings (SSSR count). The van der Waals surface area contributed by atoms with Gasteiger partial charge in [0.25, 0.3) is 0 Å². The highest BCUT2D eigenvalue weighted by atomic mass is 35.5. The molecule has 0 unspecified atom stereocenters. The second-order valence-corrected chi connectivity index (χ2v) is 6.77.